The lowest BCUT2D eigenvalue weighted by Gasteiger charge is -2.56. The van der Waals surface area contributed by atoms with E-state index < -0.39 is 0 Å². The minimum Gasteiger partial charge on any atom is -0.396 e. The van der Waals surface area contributed by atoms with Crippen molar-refractivity contribution in [3.8, 4) is 0 Å². The summed E-state index contributed by atoms with van der Waals surface area (Å²) in [6.07, 6.45) is 3.04. The molecule has 6 rings (SSSR count). The summed E-state index contributed by atoms with van der Waals surface area (Å²) in [5.74, 6) is 0.657. The molecule has 3 saturated heterocycles. The Morgan fingerprint density at radius 2 is 1.48 bits per heavy atom. The van der Waals surface area contributed by atoms with Gasteiger partial charge in [0.2, 0.25) is 6.23 Å². The van der Waals surface area contributed by atoms with E-state index in [1.165, 1.54) is 18.4 Å². The van der Waals surface area contributed by atoms with Crippen molar-refractivity contribution in [3.63, 3.8) is 0 Å². The van der Waals surface area contributed by atoms with Crippen molar-refractivity contribution in [2.45, 2.75) is 45.0 Å². The van der Waals surface area contributed by atoms with Crippen molar-refractivity contribution in [3.05, 3.63) is 102 Å². The molecule has 3 aliphatic rings. The summed E-state index contributed by atoms with van der Waals surface area (Å²) in [5, 5.41) is 0. The Bertz CT molecular complexity index is 1050. The lowest BCUT2D eigenvalue weighted by atomic mass is 9.82. The fourth-order valence-electron chi connectivity index (χ4n) is 5.75. The van der Waals surface area contributed by atoms with Gasteiger partial charge in [-0.3, -0.25) is 9.38 Å². The van der Waals surface area contributed by atoms with Gasteiger partial charge in [0, 0.05) is 30.5 Å². The third-order valence-electron chi connectivity index (χ3n) is 7.78. The highest BCUT2D eigenvalue weighted by Gasteiger charge is 2.53. The van der Waals surface area contributed by atoms with Crippen LogP contribution >= 0.6 is 0 Å². The zero-order valence-corrected chi connectivity index (χ0v) is 19.3. The number of rotatable bonds is 6. The minimum atomic E-state index is -0.250. The molecule has 170 valence electrons. The van der Waals surface area contributed by atoms with Gasteiger partial charge in [0.15, 0.2) is 0 Å². The quantitative estimate of drug-likeness (QED) is 0.406. The topological polar surface area (TPSA) is 29.5 Å². The van der Waals surface area contributed by atoms with Crippen molar-refractivity contribution in [1.82, 2.24) is 0 Å². The fraction of sp³-hybridized carbons (Fsp3) is 0.345. The second-order valence-corrected chi connectivity index (χ2v) is 9.56. The molecule has 0 aliphatic carbocycles. The molecule has 1 amide bonds. The zero-order valence-electron chi connectivity index (χ0n) is 19.3. The summed E-state index contributed by atoms with van der Waals surface area (Å²) < 4.78 is 7.27. The van der Waals surface area contributed by atoms with Crippen LogP contribution in [0.3, 0.4) is 0 Å². The maximum absolute atomic E-state index is 13.7. The van der Waals surface area contributed by atoms with E-state index in [9.17, 15) is 4.79 Å². The lowest BCUT2D eigenvalue weighted by molar-refractivity contribution is -1.01. The van der Waals surface area contributed by atoms with E-state index in [1.54, 1.807) is 4.90 Å². The van der Waals surface area contributed by atoms with Gasteiger partial charge in [0.25, 0.3) is 0 Å². The van der Waals surface area contributed by atoms with Crippen LogP contribution in [0.1, 0.15) is 43.4 Å². The van der Waals surface area contributed by atoms with E-state index in [2.05, 4.69) is 49.4 Å². The molecule has 3 aromatic rings. The van der Waals surface area contributed by atoms with Gasteiger partial charge in [-0.2, -0.15) is 0 Å². The Labute approximate surface area is 197 Å². The van der Waals surface area contributed by atoms with Gasteiger partial charge < -0.3 is 4.74 Å². The average Bonchev–Trinajstić information content (AvgIpc) is 2.89. The number of fused-ring (bicyclic) bond motifs is 3. The SMILES string of the molecule is CC(c1ccccc1)[N+]12CCC(CC1)C[C@H]2OC(=O)N(Cc1ccccc1)c1ccccc1. The first-order valence-electron chi connectivity index (χ1n) is 12.1. The largest absolute Gasteiger partial charge is 0.419 e. The molecule has 4 nitrogen and oxygen atoms in total. The molecule has 3 heterocycles. The average molecular weight is 442 g/mol. The number of hydrogen-bond donors (Lipinski definition) is 0. The van der Waals surface area contributed by atoms with Crippen LogP contribution in [0.25, 0.3) is 0 Å². The van der Waals surface area contributed by atoms with Crippen LogP contribution in [0.4, 0.5) is 10.5 Å². The molecule has 0 spiro atoms. The number of anilines is 1. The number of quaternary nitrogens is 1. The minimum absolute atomic E-state index is 0.109. The standard InChI is InChI=1S/C29H33N2O2/c1-23(26-13-7-3-8-14-26)31-19-17-24(18-20-31)21-28(31)33-29(32)30(27-15-9-4-10-16-27)22-25-11-5-2-6-12-25/h2-16,23-24,28H,17-22H2,1H3/q+1/t23?,24?,28-,31?/m1/s1. The predicted molar refractivity (Wildman–Crippen MR) is 132 cm³/mol. The van der Waals surface area contributed by atoms with E-state index >= 15 is 0 Å². The number of ether oxygens (including phenoxy) is 1. The first-order valence-corrected chi connectivity index (χ1v) is 12.1. The summed E-state index contributed by atoms with van der Waals surface area (Å²) >= 11 is 0. The molecule has 4 heteroatoms. The highest BCUT2D eigenvalue weighted by atomic mass is 16.6. The fourth-order valence-corrected chi connectivity index (χ4v) is 5.75. The van der Waals surface area contributed by atoms with E-state index in [0.717, 1.165) is 35.2 Å². The number of nitrogens with zero attached hydrogens (tertiary/aromatic N) is 2. The van der Waals surface area contributed by atoms with Gasteiger partial charge in [0.05, 0.1) is 19.6 Å². The third-order valence-corrected chi connectivity index (χ3v) is 7.78. The van der Waals surface area contributed by atoms with Crippen LogP contribution in [0, 0.1) is 5.92 Å². The summed E-state index contributed by atoms with van der Waals surface area (Å²) in [7, 11) is 0. The highest BCUT2D eigenvalue weighted by Crippen LogP contribution is 2.45. The normalized spacial score (nSPS) is 24.8. The Morgan fingerprint density at radius 3 is 2.12 bits per heavy atom. The van der Waals surface area contributed by atoms with Gasteiger partial charge in [-0.25, -0.2) is 4.79 Å². The van der Waals surface area contributed by atoms with Crippen molar-refractivity contribution in [2.75, 3.05) is 18.0 Å². The van der Waals surface area contributed by atoms with Crippen molar-refractivity contribution in [2.24, 2.45) is 5.92 Å². The summed E-state index contributed by atoms with van der Waals surface area (Å²) in [5.41, 5.74) is 3.28. The van der Waals surface area contributed by atoms with E-state index in [0.29, 0.717) is 18.5 Å². The van der Waals surface area contributed by atoms with Gasteiger partial charge in [0.1, 0.15) is 6.04 Å². The monoisotopic (exact) mass is 441 g/mol. The van der Waals surface area contributed by atoms with Crippen LogP contribution in [0.5, 0.6) is 0 Å². The number of amides is 1. The first kappa shape index (κ1) is 21.7. The number of carbonyl (C=O) groups is 1. The molecule has 3 fully saturated rings. The Balaban J connectivity index is 1.42. The molecule has 33 heavy (non-hydrogen) atoms. The summed E-state index contributed by atoms with van der Waals surface area (Å²) in [6, 6.07) is 31.0. The van der Waals surface area contributed by atoms with Crippen LogP contribution < -0.4 is 4.90 Å². The molecule has 3 aromatic carbocycles. The smallest absolute Gasteiger partial charge is 0.396 e. The first-order chi connectivity index (χ1) is 16.2. The summed E-state index contributed by atoms with van der Waals surface area (Å²) in [4.78, 5) is 15.5. The van der Waals surface area contributed by atoms with Gasteiger partial charge in [-0.05, 0) is 30.5 Å². The van der Waals surface area contributed by atoms with Crippen LogP contribution in [0.15, 0.2) is 91.0 Å². The van der Waals surface area contributed by atoms with E-state index in [4.69, 9.17) is 4.74 Å². The Hall–Kier alpha value is -3.11. The molecule has 3 aliphatic heterocycles. The second kappa shape index (κ2) is 9.40. The van der Waals surface area contributed by atoms with Crippen molar-refractivity contribution >= 4 is 11.8 Å². The van der Waals surface area contributed by atoms with Crippen molar-refractivity contribution < 1.29 is 14.0 Å². The predicted octanol–water partition coefficient (Wildman–Crippen LogP) is 6.55. The molecule has 0 radical (unpaired) electrons. The highest BCUT2D eigenvalue weighted by molar-refractivity contribution is 5.87. The number of hydrogen-bond acceptors (Lipinski definition) is 2. The molecule has 0 aromatic heterocycles. The summed E-state index contributed by atoms with van der Waals surface area (Å²) in [6.45, 7) is 4.94. The molecular formula is C29H33N2O2+. The maximum Gasteiger partial charge on any atom is 0.419 e. The second-order valence-electron chi connectivity index (χ2n) is 9.56. The molecule has 0 N–H and O–H groups in total. The molecular weight excluding hydrogens is 408 g/mol. The zero-order chi connectivity index (χ0) is 22.7. The molecule has 1 unspecified atom stereocenters. The van der Waals surface area contributed by atoms with Crippen LogP contribution in [-0.4, -0.2) is 29.9 Å². The number of para-hydroxylation sites is 1. The van der Waals surface area contributed by atoms with Gasteiger partial charge in [-0.1, -0.05) is 78.9 Å². The van der Waals surface area contributed by atoms with Crippen LogP contribution in [0.2, 0.25) is 0 Å². The molecule has 2 atom stereocenters. The maximum atomic E-state index is 13.7. The number of piperidine rings is 3. The molecule has 0 saturated carbocycles. The van der Waals surface area contributed by atoms with Crippen LogP contribution in [-0.2, 0) is 11.3 Å². The lowest BCUT2D eigenvalue weighted by Crippen LogP contribution is -2.66. The van der Waals surface area contributed by atoms with Gasteiger partial charge in [-0.15, -0.1) is 0 Å². The number of benzene rings is 3. The Kier molecular flexibility index (Phi) is 6.19. The third kappa shape index (κ3) is 4.40. The van der Waals surface area contributed by atoms with Crippen molar-refractivity contribution in [1.29, 1.82) is 0 Å². The molecule has 2 bridgehead atoms. The van der Waals surface area contributed by atoms with E-state index in [1.807, 2.05) is 48.5 Å². The van der Waals surface area contributed by atoms with Gasteiger partial charge >= 0.3 is 6.09 Å². The number of carbonyl (C=O) groups excluding carboxylic acids is 1. The Morgan fingerprint density at radius 1 is 0.909 bits per heavy atom. The van der Waals surface area contributed by atoms with E-state index in [-0.39, 0.29) is 12.3 Å².